The number of allylic oxidation sites excluding steroid dienone is 2. The number of para-hydroxylation sites is 2. The van der Waals surface area contributed by atoms with Crippen LogP contribution in [0.25, 0.3) is 112 Å². The average molecular weight is 1100 g/mol. The van der Waals surface area contributed by atoms with Gasteiger partial charge in [-0.1, -0.05) is 111 Å². The highest BCUT2D eigenvalue weighted by molar-refractivity contribution is 7.19. The Bertz CT molecular complexity index is 4250. The number of aromatic nitrogens is 11. The lowest BCUT2D eigenvalue weighted by molar-refractivity contribution is 0.331. The summed E-state index contributed by atoms with van der Waals surface area (Å²) >= 11 is 15.4. The van der Waals surface area contributed by atoms with E-state index in [1.54, 1.807) is 17.5 Å². The van der Waals surface area contributed by atoms with Gasteiger partial charge in [-0.25, -0.2) is 15.0 Å². The number of hydrogen-bond donors (Lipinski definition) is 5. The van der Waals surface area contributed by atoms with E-state index in [0.29, 0.717) is 23.0 Å². The number of aromatic amines is 4. The standard InChI is InChI=1S/C32H25ClN6S.C27H22ClN7S.C2H6/c1-19(23-16-24(18-34-17-23)35-21(3)22-8-5-4-6-9-22)12-13-26-20(2)30(39-38-26)32-36-27-11-7-10-25(31(27)37-32)28-14-15-29(33)40-28;28-23-9-8-22(36-23)18-4-3-5-20-24(18)32-27(31-20)26-25-21(33-34-26)7-6-19(30-25)17-12-16(13-29-14-17)15-35-10-1-2-11-35;1-2/h4-18,35,38H,2-3H2,1H3,(H,36,37);3-9,12-14H,1-2,10-11,15H2,(H,31,32)(H,33,34);1-2H3/b19-12+,26-13+;;. The Morgan fingerprint density at radius 1 is 0.667 bits per heavy atom. The van der Waals surface area contributed by atoms with Crippen molar-refractivity contribution in [3.63, 3.8) is 0 Å². The Kier molecular flexibility index (Phi) is 15.3. The molecule has 13 rings (SSSR count). The van der Waals surface area contributed by atoms with Gasteiger partial charge in [0.15, 0.2) is 17.3 Å². The van der Waals surface area contributed by atoms with Crippen molar-refractivity contribution in [3.05, 3.63) is 189 Å². The van der Waals surface area contributed by atoms with Crippen LogP contribution in [-0.2, 0) is 6.54 Å². The van der Waals surface area contributed by atoms with Crippen LogP contribution in [-0.4, -0.2) is 73.3 Å². The molecular weight excluding hydrogens is 1050 g/mol. The minimum atomic E-state index is 0.660. The summed E-state index contributed by atoms with van der Waals surface area (Å²) in [4.78, 5) is 35.2. The second-order valence-electron chi connectivity index (χ2n) is 18.4. The van der Waals surface area contributed by atoms with Crippen LogP contribution in [0.1, 0.15) is 50.3 Å². The first-order valence-corrected chi connectivity index (χ1v) is 28.0. The number of benzene rings is 3. The molecule has 9 aromatic heterocycles. The smallest absolute Gasteiger partial charge is 0.161 e. The number of rotatable bonds is 12. The van der Waals surface area contributed by atoms with Crippen molar-refractivity contribution in [1.82, 2.24) is 60.2 Å². The number of fused-ring (bicyclic) bond motifs is 3. The first-order chi connectivity index (χ1) is 38.2. The average Bonchev–Trinajstić information content (AvgIpc) is 4.41. The summed E-state index contributed by atoms with van der Waals surface area (Å²) in [6, 6.07) is 38.3. The maximum Gasteiger partial charge on any atom is 0.161 e. The zero-order valence-corrected chi connectivity index (χ0v) is 46.2. The number of pyridine rings is 3. The Morgan fingerprint density at radius 2 is 1.32 bits per heavy atom. The van der Waals surface area contributed by atoms with E-state index in [0.717, 1.165) is 132 Å². The molecule has 0 bridgehead atoms. The molecule has 13 nitrogen and oxygen atoms in total. The molecule has 0 atom stereocenters. The topological polar surface area (TPSA) is 169 Å². The molecule has 78 heavy (non-hydrogen) atoms. The predicted octanol–water partition coefficient (Wildman–Crippen LogP) is 14.7. The van der Waals surface area contributed by atoms with Gasteiger partial charge in [0.25, 0.3) is 0 Å². The monoisotopic (exact) mass is 1100 g/mol. The van der Waals surface area contributed by atoms with E-state index in [2.05, 4.69) is 88.0 Å². The third-order valence-corrected chi connectivity index (χ3v) is 15.8. The molecule has 0 aliphatic carbocycles. The molecule has 1 fully saturated rings. The van der Waals surface area contributed by atoms with Gasteiger partial charge in [0, 0.05) is 62.5 Å². The largest absolute Gasteiger partial charge is 0.354 e. The number of likely N-dealkylation sites (tertiary alicyclic amines) is 1. The minimum Gasteiger partial charge on any atom is -0.354 e. The summed E-state index contributed by atoms with van der Waals surface area (Å²) < 4.78 is 1.50. The van der Waals surface area contributed by atoms with Crippen molar-refractivity contribution in [2.75, 3.05) is 18.4 Å². The predicted molar refractivity (Wildman–Crippen MR) is 325 cm³/mol. The molecule has 10 heterocycles. The Hall–Kier alpha value is -8.31. The molecule has 1 aliphatic rings. The maximum atomic E-state index is 6.19. The fourth-order valence-electron chi connectivity index (χ4n) is 9.37. The molecule has 0 saturated carbocycles. The van der Waals surface area contributed by atoms with Crippen LogP contribution in [0.3, 0.4) is 0 Å². The van der Waals surface area contributed by atoms with Gasteiger partial charge in [0.05, 0.1) is 59.2 Å². The van der Waals surface area contributed by atoms with Gasteiger partial charge in [0.1, 0.15) is 11.2 Å². The van der Waals surface area contributed by atoms with Gasteiger partial charge in [-0.2, -0.15) is 10.2 Å². The molecule has 17 heteroatoms. The van der Waals surface area contributed by atoms with Crippen molar-refractivity contribution in [3.8, 4) is 55.2 Å². The van der Waals surface area contributed by atoms with Crippen LogP contribution < -0.4 is 15.9 Å². The number of nitrogens with one attached hydrogen (secondary N) is 5. The van der Waals surface area contributed by atoms with Gasteiger partial charge < -0.3 is 15.3 Å². The maximum absolute atomic E-state index is 6.19. The van der Waals surface area contributed by atoms with Crippen molar-refractivity contribution >= 4 is 109 Å². The summed E-state index contributed by atoms with van der Waals surface area (Å²) in [5, 5.41) is 20.2. The lowest BCUT2D eigenvalue weighted by Gasteiger charge is -2.14. The highest BCUT2D eigenvalue weighted by atomic mass is 35.5. The molecule has 0 spiro atoms. The normalized spacial score (nSPS) is 13.0. The van der Waals surface area contributed by atoms with Crippen LogP contribution in [0.5, 0.6) is 0 Å². The number of anilines is 1. The number of nitrogens with zero attached hydrogens (tertiary/aromatic N) is 8. The zero-order valence-electron chi connectivity index (χ0n) is 43.0. The van der Waals surface area contributed by atoms with E-state index in [1.807, 2.05) is 143 Å². The molecule has 5 N–H and O–H groups in total. The highest BCUT2D eigenvalue weighted by Crippen LogP contribution is 2.38. The summed E-state index contributed by atoms with van der Waals surface area (Å²) in [5.74, 6) is 1.34. The van der Waals surface area contributed by atoms with E-state index in [1.165, 1.54) is 29.7 Å². The first-order valence-electron chi connectivity index (χ1n) is 25.6. The van der Waals surface area contributed by atoms with E-state index >= 15 is 0 Å². The first kappa shape index (κ1) is 51.8. The number of imidazole rings is 2. The second-order valence-corrected chi connectivity index (χ2v) is 21.9. The lowest BCUT2D eigenvalue weighted by atomic mass is 10.1. The van der Waals surface area contributed by atoms with Gasteiger partial charge in [-0.05, 0) is 122 Å². The van der Waals surface area contributed by atoms with Crippen LogP contribution >= 0.6 is 45.9 Å². The number of hydrogen-bond acceptors (Lipinski definition) is 11. The Morgan fingerprint density at radius 3 is 1.99 bits per heavy atom. The minimum absolute atomic E-state index is 0.660. The summed E-state index contributed by atoms with van der Waals surface area (Å²) in [7, 11) is 0. The summed E-state index contributed by atoms with van der Waals surface area (Å²) in [5.41, 5.74) is 16.5. The molecular formula is C61H53Cl2N13S2. The Labute approximate surface area is 468 Å². The molecule has 3 aromatic carbocycles. The molecule has 0 radical (unpaired) electrons. The molecule has 388 valence electrons. The van der Waals surface area contributed by atoms with Crippen LogP contribution in [0, 0.1) is 0 Å². The van der Waals surface area contributed by atoms with Gasteiger partial charge in [-0.3, -0.25) is 25.1 Å². The van der Waals surface area contributed by atoms with Crippen LogP contribution in [0.4, 0.5) is 5.69 Å². The van der Waals surface area contributed by atoms with Gasteiger partial charge >= 0.3 is 0 Å². The lowest BCUT2D eigenvalue weighted by Crippen LogP contribution is -2.21. The number of thiophene rings is 2. The van der Waals surface area contributed by atoms with Crippen LogP contribution in [0.15, 0.2) is 153 Å². The molecule has 0 unspecified atom stereocenters. The highest BCUT2D eigenvalue weighted by Gasteiger charge is 2.19. The number of halogens is 2. The summed E-state index contributed by atoms with van der Waals surface area (Å²) in [6.45, 7) is 17.7. The summed E-state index contributed by atoms with van der Waals surface area (Å²) in [6.07, 6.45) is 14.0. The van der Waals surface area contributed by atoms with Crippen LogP contribution in [0.2, 0.25) is 8.67 Å². The Balaban J connectivity index is 0.000000161. The molecule has 1 saturated heterocycles. The van der Waals surface area contributed by atoms with E-state index in [9.17, 15) is 0 Å². The van der Waals surface area contributed by atoms with Crippen molar-refractivity contribution in [2.45, 2.75) is 40.2 Å². The quantitative estimate of drug-likeness (QED) is 0.0799. The zero-order chi connectivity index (χ0) is 53.7. The van der Waals surface area contributed by atoms with E-state index in [-0.39, 0.29) is 0 Å². The van der Waals surface area contributed by atoms with Gasteiger partial charge in [-0.15, -0.1) is 22.7 Å². The van der Waals surface area contributed by atoms with Gasteiger partial charge in [0.2, 0.25) is 0 Å². The third kappa shape index (κ3) is 11.1. The van der Waals surface area contributed by atoms with Crippen molar-refractivity contribution in [1.29, 1.82) is 0 Å². The van der Waals surface area contributed by atoms with Crippen molar-refractivity contribution < 1.29 is 0 Å². The molecule has 12 aromatic rings. The third-order valence-electron chi connectivity index (χ3n) is 13.3. The fourth-order valence-corrected chi connectivity index (χ4v) is 11.5. The molecule has 0 amide bonds. The van der Waals surface area contributed by atoms with E-state index in [4.69, 9.17) is 38.2 Å². The second kappa shape index (κ2) is 23.1. The number of H-pyrrole nitrogens is 4. The fraction of sp³-hybridized carbons (Fsp3) is 0.131. The van der Waals surface area contributed by atoms with Crippen molar-refractivity contribution in [2.24, 2.45) is 0 Å². The SMILES string of the molecule is C=C(Nc1cncc(/C(C)=C/C=c2/[nH]nc(-c3nc4c(-c5ccc(Cl)s5)cccc4[nH]3)c2=C)c1)c1ccccc1.CC.Clc1ccc(-c2cccc3[nH]c(-c4n[nH]c5ccc(-c6cncc(CN7CCCC7)c6)nc45)nc23)s1. The van der Waals surface area contributed by atoms with E-state index < -0.39 is 0 Å². The molecule has 1 aliphatic heterocycles.